The smallest absolute Gasteiger partial charge is 0.315 e. The van der Waals surface area contributed by atoms with E-state index in [0.29, 0.717) is 30.3 Å². The second-order valence-electron chi connectivity index (χ2n) is 6.50. The first-order valence-electron chi connectivity index (χ1n) is 8.43. The maximum absolute atomic E-state index is 12.0. The van der Waals surface area contributed by atoms with Gasteiger partial charge in [-0.15, -0.1) is 0 Å². The van der Waals surface area contributed by atoms with Crippen LogP contribution in [-0.4, -0.2) is 32.8 Å². The molecule has 126 valence electrons. The molecule has 1 saturated carbocycles. The lowest BCUT2D eigenvalue weighted by Crippen LogP contribution is -2.41. The molecule has 1 heterocycles. The Labute approximate surface area is 137 Å². The average molecular weight is 336 g/mol. The second-order valence-corrected chi connectivity index (χ2v) is 8.57. The molecule has 0 bridgehead atoms. The van der Waals surface area contributed by atoms with E-state index in [4.69, 9.17) is 0 Å². The van der Waals surface area contributed by atoms with Crippen LogP contribution in [-0.2, 0) is 22.7 Å². The standard InChI is InChI=1S/C17H24N2O3S/c20-17(19-15-5-1-2-6-15)18-10-9-13-7-8-16-14(12-13)4-3-11-23(16,21)22/h7-8,12,15H,1-6,9-11H2,(H2,18,19,20). The van der Waals surface area contributed by atoms with E-state index in [1.165, 1.54) is 12.8 Å². The molecule has 23 heavy (non-hydrogen) atoms. The van der Waals surface area contributed by atoms with Crippen LogP contribution in [0.15, 0.2) is 23.1 Å². The van der Waals surface area contributed by atoms with Gasteiger partial charge in [0.05, 0.1) is 10.6 Å². The van der Waals surface area contributed by atoms with Gasteiger partial charge in [-0.2, -0.15) is 0 Å². The van der Waals surface area contributed by atoms with Gasteiger partial charge in [0.1, 0.15) is 0 Å². The Hall–Kier alpha value is -1.56. The number of nitrogens with one attached hydrogen (secondary N) is 2. The normalized spacial score (nSPS) is 20.0. The molecule has 1 aliphatic heterocycles. The molecule has 0 spiro atoms. The summed E-state index contributed by atoms with van der Waals surface area (Å²) in [5, 5.41) is 5.88. The second kappa shape index (κ2) is 6.91. The summed E-state index contributed by atoms with van der Waals surface area (Å²) in [7, 11) is -3.09. The highest BCUT2D eigenvalue weighted by Crippen LogP contribution is 2.26. The van der Waals surface area contributed by atoms with Crippen LogP contribution in [0.5, 0.6) is 0 Å². The molecule has 0 atom stereocenters. The van der Waals surface area contributed by atoms with Crippen molar-refractivity contribution in [2.24, 2.45) is 0 Å². The van der Waals surface area contributed by atoms with Gasteiger partial charge in [0.25, 0.3) is 0 Å². The zero-order chi connectivity index (χ0) is 16.3. The predicted octanol–water partition coefficient (Wildman–Crippen LogP) is 2.19. The first-order chi connectivity index (χ1) is 11.0. The minimum absolute atomic E-state index is 0.0996. The molecule has 2 aliphatic rings. The lowest BCUT2D eigenvalue weighted by Gasteiger charge is -2.17. The molecule has 2 amide bonds. The number of sulfone groups is 1. The number of amides is 2. The van der Waals surface area contributed by atoms with Crippen molar-refractivity contribution in [3.05, 3.63) is 29.3 Å². The van der Waals surface area contributed by atoms with Crippen LogP contribution in [0.1, 0.15) is 43.2 Å². The van der Waals surface area contributed by atoms with Crippen molar-refractivity contribution in [3.63, 3.8) is 0 Å². The molecule has 0 aromatic heterocycles. The molecule has 1 aromatic carbocycles. The summed E-state index contributed by atoms with van der Waals surface area (Å²) in [5.74, 6) is 0.252. The van der Waals surface area contributed by atoms with E-state index in [2.05, 4.69) is 10.6 Å². The molecule has 3 rings (SSSR count). The van der Waals surface area contributed by atoms with Crippen molar-refractivity contribution in [2.75, 3.05) is 12.3 Å². The van der Waals surface area contributed by atoms with E-state index in [0.717, 1.165) is 30.4 Å². The first-order valence-corrected chi connectivity index (χ1v) is 10.1. The summed E-state index contributed by atoms with van der Waals surface area (Å²) in [4.78, 5) is 12.3. The van der Waals surface area contributed by atoms with Gasteiger partial charge < -0.3 is 10.6 Å². The van der Waals surface area contributed by atoms with Crippen LogP contribution in [0.2, 0.25) is 0 Å². The number of benzene rings is 1. The minimum Gasteiger partial charge on any atom is -0.338 e. The molecular formula is C17H24N2O3S. The Balaban J connectivity index is 1.52. The highest BCUT2D eigenvalue weighted by molar-refractivity contribution is 7.91. The quantitative estimate of drug-likeness (QED) is 0.885. The van der Waals surface area contributed by atoms with Gasteiger partial charge in [0, 0.05) is 12.6 Å². The van der Waals surface area contributed by atoms with Crippen molar-refractivity contribution in [3.8, 4) is 0 Å². The van der Waals surface area contributed by atoms with Crippen molar-refractivity contribution in [1.82, 2.24) is 10.6 Å². The van der Waals surface area contributed by atoms with Crippen LogP contribution in [0, 0.1) is 0 Å². The molecule has 1 fully saturated rings. The van der Waals surface area contributed by atoms with E-state index in [1.54, 1.807) is 6.07 Å². The van der Waals surface area contributed by atoms with Crippen LogP contribution in [0.25, 0.3) is 0 Å². The van der Waals surface area contributed by atoms with Crippen molar-refractivity contribution >= 4 is 15.9 Å². The molecule has 5 nitrogen and oxygen atoms in total. The molecule has 0 radical (unpaired) electrons. The Bertz CT molecular complexity index is 679. The molecule has 6 heteroatoms. The maximum Gasteiger partial charge on any atom is 0.315 e. The SMILES string of the molecule is O=C(NCCc1ccc2c(c1)CCCS2(=O)=O)NC1CCCC1. The van der Waals surface area contributed by atoms with Crippen molar-refractivity contribution < 1.29 is 13.2 Å². The van der Waals surface area contributed by atoms with Crippen LogP contribution in [0.4, 0.5) is 4.79 Å². The number of hydrogen-bond acceptors (Lipinski definition) is 3. The summed E-state index contributed by atoms with van der Waals surface area (Å²) >= 11 is 0. The van der Waals surface area contributed by atoms with E-state index in [1.807, 2.05) is 12.1 Å². The van der Waals surface area contributed by atoms with E-state index in [-0.39, 0.29) is 11.8 Å². The number of rotatable bonds is 4. The zero-order valence-electron chi connectivity index (χ0n) is 13.3. The third-order valence-corrected chi connectivity index (χ3v) is 6.60. The topological polar surface area (TPSA) is 75.3 Å². The van der Waals surface area contributed by atoms with E-state index in [9.17, 15) is 13.2 Å². The molecule has 0 saturated heterocycles. The molecule has 2 N–H and O–H groups in total. The Morgan fingerprint density at radius 1 is 1.17 bits per heavy atom. The van der Waals surface area contributed by atoms with Gasteiger partial charge in [-0.1, -0.05) is 25.0 Å². The van der Waals surface area contributed by atoms with Crippen molar-refractivity contribution in [2.45, 2.75) is 55.9 Å². The average Bonchev–Trinajstić information content (AvgIpc) is 2.99. The van der Waals surface area contributed by atoms with Gasteiger partial charge >= 0.3 is 6.03 Å². The fourth-order valence-electron chi connectivity index (χ4n) is 3.48. The highest BCUT2D eigenvalue weighted by atomic mass is 32.2. The Morgan fingerprint density at radius 2 is 1.96 bits per heavy atom. The summed E-state index contributed by atoms with van der Waals surface area (Å²) in [6.45, 7) is 0.560. The summed E-state index contributed by atoms with van der Waals surface area (Å²) in [6, 6.07) is 5.78. The van der Waals surface area contributed by atoms with Gasteiger partial charge in [-0.05, 0) is 49.3 Å². The number of urea groups is 1. The van der Waals surface area contributed by atoms with Gasteiger partial charge in [0.15, 0.2) is 9.84 Å². The largest absolute Gasteiger partial charge is 0.338 e. The van der Waals surface area contributed by atoms with Gasteiger partial charge in [0.2, 0.25) is 0 Å². The summed E-state index contributed by atoms with van der Waals surface area (Å²) < 4.78 is 24.0. The third kappa shape index (κ3) is 4.05. The van der Waals surface area contributed by atoms with Crippen LogP contribution < -0.4 is 10.6 Å². The fourth-order valence-corrected chi connectivity index (χ4v) is 5.06. The highest BCUT2D eigenvalue weighted by Gasteiger charge is 2.23. The predicted molar refractivity (Wildman–Crippen MR) is 89.3 cm³/mol. The summed E-state index contributed by atoms with van der Waals surface area (Å²) in [5.41, 5.74) is 1.99. The van der Waals surface area contributed by atoms with Crippen LogP contribution >= 0.6 is 0 Å². The number of aryl methyl sites for hydroxylation is 1. The number of carbonyl (C=O) groups is 1. The number of hydrogen-bond donors (Lipinski definition) is 2. The Kier molecular flexibility index (Phi) is 4.90. The number of carbonyl (C=O) groups excluding carboxylic acids is 1. The lowest BCUT2D eigenvalue weighted by molar-refractivity contribution is 0.237. The van der Waals surface area contributed by atoms with E-state index < -0.39 is 9.84 Å². The lowest BCUT2D eigenvalue weighted by atomic mass is 10.0. The molecule has 1 aromatic rings. The van der Waals surface area contributed by atoms with Gasteiger partial charge in [-0.25, -0.2) is 13.2 Å². The van der Waals surface area contributed by atoms with Crippen LogP contribution in [0.3, 0.4) is 0 Å². The molecular weight excluding hydrogens is 312 g/mol. The van der Waals surface area contributed by atoms with E-state index >= 15 is 0 Å². The Morgan fingerprint density at radius 3 is 2.74 bits per heavy atom. The fraction of sp³-hybridized carbons (Fsp3) is 0.588. The third-order valence-electron chi connectivity index (χ3n) is 4.71. The number of fused-ring (bicyclic) bond motifs is 1. The zero-order valence-corrected chi connectivity index (χ0v) is 14.1. The first kappa shape index (κ1) is 16.3. The van der Waals surface area contributed by atoms with Gasteiger partial charge in [-0.3, -0.25) is 0 Å². The minimum atomic E-state index is -3.09. The van der Waals surface area contributed by atoms with Crippen molar-refractivity contribution in [1.29, 1.82) is 0 Å². The summed E-state index contributed by atoms with van der Waals surface area (Å²) in [6.07, 6.45) is 6.77. The monoisotopic (exact) mass is 336 g/mol. The molecule has 0 unspecified atom stereocenters. The maximum atomic E-state index is 12.0. The molecule has 1 aliphatic carbocycles.